The smallest absolute Gasteiger partial charge is 0.232 e. The van der Waals surface area contributed by atoms with Crippen molar-refractivity contribution in [3.05, 3.63) is 18.3 Å². The number of rotatable bonds is 3. The molecule has 1 aromatic heterocycles. The van der Waals surface area contributed by atoms with E-state index in [-0.39, 0.29) is 5.91 Å². The maximum Gasteiger partial charge on any atom is 0.232 e. The Morgan fingerprint density at radius 3 is 2.67 bits per heavy atom. The molecule has 18 heavy (non-hydrogen) atoms. The van der Waals surface area contributed by atoms with Gasteiger partial charge in [-0.25, -0.2) is 4.98 Å². The Labute approximate surface area is 111 Å². The fourth-order valence-electron chi connectivity index (χ4n) is 2.01. The number of hydrogen-bond donors (Lipinski definition) is 1. The Bertz CT molecular complexity index is 401. The Morgan fingerprint density at radius 2 is 2.11 bits per heavy atom. The fraction of sp³-hybridized carbons (Fsp3) is 0.500. The van der Waals surface area contributed by atoms with Gasteiger partial charge in [-0.2, -0.15) is 11.8 Å². The second kappa shape index (κ2) is 5.95. The minimum atomic E-state index is 0.234. The quantitative estimate of drug-likeness (QED) is 0.871. The van der Waals surface area contributed by atoms with E-state index in [0.717, 1.165) is 31.9 Å². The molecule has 1 saturated heterocycles. The zero-order chi connectivity index (χ0) is 13.0. The van der Waals surface area contributed by atoms with Crippen LogP contribution in [-0.4, -0.2) is 54.0 Å². The van der Waals surface area contributed by atoms with Gasteiger partial charge in [-0.05, 0) is 18.4 Å². The van der Waals surface area contributed by atoms with Crippen LogP contribution in [0.3, 0.4) is 0 Å². The van der Waals surface area contributed by atoms with Gasteiger partial charge in [-0.15, -0.1) is 0 Å². The summed E-state index contributed by atoms with van der Waals surface area (Å²) < 4.78 is 0. The molecule has 0 aliphatic carbocycles. The molecule has 2 heterocycles. The third kappa shape index (κ3) is 3.07. The Hall–Kier alpha value is -1.43. The minimum Gasteiger partial charge on any atom is -0.384 e. The Morgan fingerprint density at radius 1 is 1.39 bits per heavy atom. The summed E-state index contributed by atoms with van der Waals surface area (Å²) in [6, 6.07) is 3.78. The lowest BCUT2D eigenvalue weighted by atomic mass is 10.2. The van der Waals surface area contributed by atoms with Gasteiger partial charge in [-0.3, -0.25) is 4.79 Å². The number of carbonyl (C=O) groups excluding carboxylic acids is 1. The summed E-state index contributed by atoms with van der Waals surface area (Å²) in [6.45, 7) is 3.27. The van der Waals surface area contributed by atoms with Crippen LogP contribution in [0.15, 0.2) is 18.3 Å². The Balaban J connectivity index is 1.90. The van der Waals surface area contributed by atoms with Crippen LogP contribution in [0.4, 0.5) is 11.5 Å². The van der Waals surface area contributed by atoms with Gasteiger partial charge in [0.25, 0.3) is 0 Å². The molecule has 6 heteroatoms. The van der Waals surface area contributed by atoms with Gasteiger partial charge >= 0.3 is 0 Å². The van der Waals surface area contributed by atoms with Crippen LogP contribution >= 0.6 is 11.8 Å². The summed E-state index contributed by atoms with van der Waals surface area (Å²) in [6.07, 6.45) is 3.74. The molecule has 1 aromatic rings. The van der Waals surface area contributed by atoms with E-state index in [1.807, 2.05) is 17.2 Å². The first-order valence-corrected chi connectivity index (χ1v) is 7.33. The van der Waals surface area contributed by atoms with E-state index < -0.39 is 0 Å². The molecular formula is C12H18N4OS. The molecule has 0 bridgehead atoms. The van der Waals surface area contributed by atoms with Gasteiger partial charge in [0.05, 0.1) is 17.6 Å². The first kappa shape index (κ1) is 13.0. The molecule has 2 rings (SSSR count). The van der Waals surface area contributed by atoms with Crippen LogP contribution in [-0.2, 0) is 4.79 Å². The molecule has 1 fully saturated rings. The standard InChI is InChI=1S/C12H18N4OS/c1-18-9-12(17)16-6-4-15(5-7-16)10-2-3-11(13)14-8-10/h2-3,8H,4-7,9H2,1H3,(H2,13,14). The highest BCUT2D eigenvalue weighted by atomic mass is 32.2. The van der Waals surface area contributed by atoms with Crippen molar-refractivity contribution in [1.29, 1.82) is 0 Å². The van der Waals surface area contributed by atoms with Crippen molar-refractivity contribution in [2.75, 3.05) is 48.8 Å². The van der Waals surface area contributed by atoms with E-state index in [1.165, 1.54) is 0 Å². The summed E-state index contributed by atoms with van der Waals surface area (Å²) in [4.78, 5) is 20.0. The number of nitrogens with zero attached hydrogens (tertiary/aromatic N) is 3. The third-order valence-electron chi connectivity index (χ3n) is 3.04. The van der Waals surface area contributed by atoms with Crippen molar-refractivity contribution >= 4 is 29.2 Å². The zero-order valence-electron chi connectivity index (χ0n) is 10.5. The van der Waals surface area contributed by atoms with Gasteiger partial charge in [0.2, 0.25) is 5.91 Å². The number of aromatic nitrogens is 1. The number of piperazine rings is 1. The van der Waals surface area contributed by atoms with Crippen molar-refractivity contribution < 1.29 is 4.79 Å². The minimum absolute atomic E-state index is 0.234. The van der Waals surface area contributed by atoms with Crippen molar-refractivity contribution in [3.63, 3.8) is 0 Å². The summed E-state index contributed by atoms with van der Waals surface area (Å²) in [5, 5.41) is 0. The van der Waals surface area contributed by atoms with Crippen molar-refractivity contribution in [1.82, 2.24) is 9.88 Å². The highest BCUT2D eigenvalue weighted by molar-refractivity contribution is 7.99. The maximum absolute atomic E-state index is 11.7. The molecule has 1 amide bonds. The number of nitrogens with two attached hydrogens (primary N) is 1. The molecular weight excluding hydrogens is 248 g/mol. The maximum atomic E-state index is 11.7. The van der Waals surface area contributed by atoms with Crippen molar-refractivity contribution in [3.8, 4) is 0 Å². The topological polar surface area (TPSA) is 62.5 Å². The molecule has 0 radical (unpaired) electrons. The van der Waals surface area contributed by atoms with Crippen LogP contribution in [0.25, 0.3) is 0 Å². The summed E-state index contributed by atoms with van der Waals surface area (Å²) >= 11 is 1.57. The predicted octanol–water partition coefficient (Wildman–Crippen LogP) is 0.675. The predicted molar refractivity (Wildman–Crippen MR) is 75.8 cm³/mol. The number of thioether (sulfide) groups is 1. The monoisotopic (exact) mass is 266 g/mol. The van der Waals surface area contributed by atoms with Gasteiger partial charge in [-0.1, -0.05) is 0 Å². The first-order valence-electron chi connectivity index (χ1n) is 5.94. The number of nitrogen functional groups attached to an aromatic ring is 1. The second-order valence-corrected chi connectivity index (χ2v) is 5.11. The lowest BCUT2D eigenvalue weighted by Crippen LogP contribution is -2.49. The molecule has 0 unspecified atom stereocenters. The van der Waals surface area contributed by atoms with E-state index in [1.54, 1.807) is 24.0 Å². The summed E-state index contributed by atoms with van der Waals surface area (Å²) in [5.41, 5.74) is 6.64. The summed E-state index contributed by atoms with van der Waals surface area (Å²) in [7, 11) is 0. The summed E-state index contributed by atoms with van der Waals surface area (Å²) in [5.74, 6) is 1.34. The highest BCUT2D eigenvalue weighted by Gasteiger charge is 2.20. The molecule has 98 valence electrons. The lowest BCUT2D eigenvalue weighted by Gasteiger charge is -2.35. The van der Waals surface area contributed by atoms with E-state index in [0.29, 0.717) is 11.6 Å². The van der Waals surface area contributed by atoms with E-state index in [4.69, 9.17) is 5.73 Å². The fourth-order valence-corrected chi connectivity index (χ4v) is 2.44. The van der Waals surface area contributed by atoms with Gasteiger partial charge in [0, 0.05) is 26.2 Å². The van der Waals surface area contributed by atoms with E-state index >= 15 is 0 Å². The average molecular weight is 266 g/mol. The van der Waals surface area contributed by atoms with Crippen molar-refractivity contribution in [2.45, 2.75) is 0 Å². The second-order valence-electron chi connectivity index (χ2n) is 4.24. The first-order chi connectivity index (χ1) is 8.70. The van der Waals surface area contributed by atoms with Crippen LogP contribution < -0.4 is 10.6 Å². The molecule has 0 spiro atoms. The SMILES string of the molecule is CSCC(=O)N1CCN(c2ccc(N)nc2)CC1. The molecule has 1 aliphatic heterocycles. The van der Waals surface area contributed by atoms with Crippen LogP contribution in [0, 0.1) is 0 Å². The number of carbonyl (C=O) groups is 1. The lowest BCUT2D eigenvalue weighted by molar-refractivity contribution is -0.128. The van der Waals surface area contributed by atoms with Crippen LogP contribution in [0.1, 0.15) is 0 Å². The molecule has 1 aliphatic rings. The number of pyridine rings is 1. The molecule has 5 nitrogen and oxygen atoms in total. The van der Waals surface area contributed by atoms with Gasteiger partial charge in [0.15, 0.2) is 0 Å². The normalized spacial score (nSPS) is 15.8. The van der Waals surface area contributed by atoms with Crippen LogP contribution in [0.2, 0.25) is 0 Å². The van der Waals surface area contributed by atoms with Gasteiger partial charge in [0.1, 0.15) is 5.82 Å². The average Bonchev–Trinajstić information content (AvgIpc) is 2.40. The highest BCUT2D eigenvalue weighted by Crippen LogP contribution is 2.16. The molecule has 2 N–H and O–H groups in total. The number of amides is 1. The molecule has 0 atom stereocenters. The largest absolute Gasteiger partial charge is 0.384 e. The number of anilines is 2. The Kier molecular flexibility index (Phi) is 4.30. The third-order valence-corrected chi connectivity index (χ3v) is 3.57. The van der Waals surface area contributed by atoms with E-state index in [2.05, 4.69) is 9.88 Å². The van der Waals surface area contributed by atoms with Gasteiger partial charge < -0.3 is 15.5 Å². The molecule has 0 aromatic carbocycles. The van der Waals surface area contributed by atoms with E-state index in [9.17, 15) is 4.79 Å². The number of hydrogen-bond acceptors (Lipinski definition) is 5. The molecule has 0 saturated carbocycles. The van der Waals surface area contributed by atoms with Crippen molar-refractivity contribution in [2.24, 2.45) is 0 Å². The zero-order valence-corrected chi connectivity index (χ0v) is 11.3. The van der Waals surface area contributed by atoms with Crippen LogP contribution in [0.5, 0.6) is 0 Å².